The number of rotatable bonds is 5. The van der Waals surface area contributed by atoms with Crippen molar-refractivity contribution in [2.75, 3.05) is 0 Å². The number of nitrogens with zero attached hydrogens (tertiary/aromatic N) is 1. The highest BCUT2D eigenvalue weighted by Gasteiger charge is 2.36. The van der Waals surface area contributed by atoms with Crippen LogP contribution in [0.4, 0.5) is 0 Å². The van der Waals surface area contributed by atoms with Crippen LogP contribution < -0.4 is 16.6 Å². The van der Waals surface area contributed by atoms with E-state index in [1.807, 2.05) is 17.5 Å². The van der Waals surface area contributed by atoms with Crippen molar-refractivity contribution in [2.45, 2.75) is 38.5 Å². The lowest BCUT2D eigenvalue weighted by molar-refractivity contribution is -0.123. The van der Waals surface area contributed by atoms with Gasteiger partial charge in [0.05, 0.1) is 12.1 Å². The molecule has 3 rings (SSSR count). The van der Waals surface area contributed by atoms with Crippen LogP contribution in [0.15, 0.2) is 33.3 Å². The summed E-state index contributed by atoms with van der Waals surface area (Å²) in [7, 11) is 0. The molecule has 1 atom stereocenters. The van der Waals surface area contributed by atoms with E-state index in [4.69, 9.17) is 0 Å². The zero-order chi connectivity index (χ0) is 17.3. The number of aryl methyl sites for hydroxylation is 1. The van der Waals surface area contributed by atoms with Crippen molar-refractivity contribution in [3.63, 3.8) is 0 Å². The Morgan fingerprint density at radius 1 is 1.50 bits per heavy atom. The van der Waals surface area contributed by atoms with Crippen LogP contribution in [0.1, 0.15) is 29.3 Å². The largest absolute Gasteiger partial charge is 0.393 e. The summed E-state index contributed by atoms with van der Waals surface area (Å²) in [4.78, 5) is 38.8. The quantitative estimate of drug-likeness (QED) is 0.732. The maximum absolute atomic E-state index is 12.4. The summed E-state index contributed by atoms with van der Waals surface area (Å²) in [6.07, 6.45) is 2.38. The SMILES string of the molecule is Cc1cn(CC(=O)NC(c2cccs2)C2CC(O)C2)c(=O)[nH]c1=O. The van der Waals surface area contributed by atoms with Gasteiger partial charge in [-0.3, -0.25) is 19.1 Å². The smallest absolute Gasteiger partial charge is 0.328 e. The van der Waals surface area contributed by atoms with Crippen molar-refractivity contribution < 1.29 is 9.90 Å². The summed E-state index contributed by atoms with van der Waals surface area (Å²) in [6.45, 7) is 1.42. The zero-order valence-electron chi connectivity index (χ0n) is 13.2. The Bertz CT molecular complexity index is 834. The summed E-state index contributed by atoms with van der Waals surface area (Å²) in [5, 5.41) is 14.4. The van der Waals surface area contributed by atoms with Crippen molar-refractivity contribution in [2.24, 2.45) is 5.92 Å². The minimum absolute atomic E-state index is 0.159. The molecule has 1 fully saturated rings. The van der Waals surface area contributed by atoms with E-state index >= 15 is 0 Å². The molecule has 1 aliphatic rings. The Labute approximate surface area is 142 Å². The van der Waals surface area contributed by atoms with Crippen molar-refractivity contribution in [1.29, 1.82) is 0 Å². The van der Waals surface area contributed by atoms with Gasteiger partial charge in [0.2, 0.25) is 5.91 Å². The van der Waals surface area contributed by atoms with Gasteiger partial charge < -0.3 is 10.4 Å². The average Bonchev–Trinajstić information content (AvgIpc) is 3.01. The molecule has 128 valence electrons. The van der Waals surface area contributed by atoms with Gasteiger partial charge in [0, 0.05) is 16.6 Å². The molecule has 0 bridgehead atoms. The number of carbonyl (C=O) groups excluding carboxylic acids is 1. The van der Waals surface area contributed by atoms with Gasteiger partial charge in [0.1, 0.15) is 6.54 Å². The second kappa shape index (κ2) is 6.74. The molecular weight excluding hydrogens is 330 g/mol. The molecule has 1 aliphatic carbocycles. The third kappa shape index (κ3) is 3.49. The van der Waals surface area contributed by atoms with Crippen LogP contribution in [-0.2, 0) is 11.3 Å². The van der Waals surface area contributed by atoms with E-state index in [1.165, 1.54) is 10.8 Å². The van der Waals surface area contributed by atoms with E-state index in [-0.39, 0.29) is 30.5 Å². The molecule has 24 heavy (non-hydrogen) atoms. The molecule has 3 N–H and O–H groups in total. The van der Waals surface area contributed by atoms with E-state index in [0.717, 1.165) is 4.88 Å². The number of carbonyl (C=O) groups is 1. The Hall–Kier alpha value is -2.19. The van der Waals surface area contributed by atoms with Gasteiger partial charge in [0.25, 0.3) is 5.56 Å². The molecular formula is C16H19N3O4S. The van der Waals surface area contributed by atoms with Crippen LogP contribution in [0.25, 0.3) is 0 Å². The summed E-state index contributed by atoms with van der Waals surface area (Å²) in [6, 6.07) is 3.71. The molecule has 0 aliphatic heterocycles. The number of nitrogens with one attached hydrogen (secondary N) is 2. The third-order valence-electron chi connectivity index (χ3n) is 4.29. The Balaban J connectivity index is 1.73. The van der Waals surface area contributed by atoms with E-state index < -0.39 is 11.2 Å². The number of amides is 1. The minimum atomic E-state index is -0.604. The second-order valence-corrected chi connectivity index (χ2v) is 7.12. The lowest BCUT2D eigenvalue weighted by Crippen LogP contribution is -2.43. The monoisotopic (exact) mass is 349 g/mol. The Morgan fingerprint density at radius 3 is 2.88 bits per heavy atom. The predicted octanol–water partition coefficient (Wildman–Crippen LogP) is 0.535. The standard InChI is InChI=1S/C16H19N3O4S/c1-9-7-19(16(23)18-15(9)22)8-13(21)17-14(10-5-11(20)6-10)12-3-2-4-24-12/h2-4,7,10-11,14,20H,5-6,8H2,1H3,(H,17,21)(H,18,22,23). The predicted molar refractivity (Wildman–Crippen MR) is 90.0 cm³/mol. The van der Waals surface area contributed by atoms with E-state index in [9.17, 15) is 19.5 Å². The molecule has 1 unspecified atom stereocenters. The number of aliphatic hydroxyl groups excluding tert-OH is 1. The van der Waals surface area contributed by atoms with Crippen molar-refractivity contribution in [1.82, 2.24) is 14.9 Å². The number of thiophene rings is 1. The van der Waals surface area contributed by atoms with Crippen molar-refractivity contribution in [3.8, 4) is 0 Å². The van der Waals surface area contributed by atoms with Gasteiger partial charge in [-0.15, -0.1) is 11.3 Å². The fraction of sp³-hybridized carbons (Fsp3) is 0.438. The van der Waals surface area contributed by atoms with Gasteiger partial charge in [-0.2, -0.15) is 0 Å². The second-order valence-electron chi connectivity index (χ2n) is 6.15. The number of aliphatic hydroxyl groups is 1. The summed E-state index contributed by atoms with van der Waals surface area (Å²) in [5.41, 5.74) is -0.677. The molecule has 7 nitrogen and oxygen atoms in total. The van der Waals surface area contributed by atoms with Crippen LogP contribution in [0, 0.1) is 12.8 Å². The highest BCUT2D eigenvalue weighted by atomic mass is 32.1. The first-order valence-corrected chi connectivity index (χ1v) is 8.63. The van der Waals surface area contributed by atoms with Crippen LogP contribution in [0.2, 0.25) is 0 Å². The van der Waals surface area contributed by atoms with Crippen LogP contribution in [0.5, 0.6) is 0 Å². The van der Waals surface area contributed by atoms with Crippen molar-refractivity contribution in [3.05, 3.63) is 55.0 Å². The molecule has 0 aromatic carbocycles. The molecule has 0 saturated heterocycles. The molecule has 2 aromatic heterocycles. The van der Waals surface area contributed by atoms with E-state index in [0.29, 0.717) is 18.4 Å². The highest BCUT2D eigenvalue weighted by molar-refractivity contribution is 7.10. The molecule has 2 aromatic rings. The molecule has 1 saturated carbocycles. The van der Waals surface area contributed by atoms with Crippen molar-refractivity contribution >= 4 is 17.2 Å². The molecule has 0 radical (unpaired) electrons. The number of aromatic amines is 1. The molecule has 2 heterocycles. The first-order chi connectivity index (χ1) is 11.4. The van der Waals surface area contributed by atoms with Gasteiger partial charge in [0.15, 0.2) is 0 Å². The lowest BCUT2D eigenvalue weighted by Gasteiger charge is -2.37. The fourth-order valence-electron chi connectivity index (χ4n) is 2.90. The third-order valence-corrected chi connectivity index (χ3v) is 5.25. The van der Waals surface area contributed by atoms with E-state index in [1.54, 1.807) is 18.3 Å². The first kappa shape index (κ1) is 16.7. The normalized spacial score (nSPS) is 21.1. The summed E-state index contributed by atoms with van der Waals surface area (Å²) >= 11 is 1.55. The zero-order valence-corrected chi connectivity index (χ0v) is 14.0. The summed E-state index contributed by atoms with van der Waals surface area (Å²) in [5.74, 6) is -0.111. The first-order valence-electron chi connectivity index (χ1n) is 7.75. The fourth-order valence-corrected chi connectivity index (χ4v) is 3.77. The minimum Gasteiger partial charge on any atom is -0.393 e. The topological polar surface area (TPSA) is 104 Å². The lowest BCUT2D eigenvalue weighted by atomic mass is 9.77. The molecule has 8 heteroatoms. The van der Waals surface area contributed by atoms with E-state index in [2.05, 4.69) is 10.3 Å². The van der Waals surface area contributed by atoms with Gasteiger partial charge in [-0.05, 0) is 37.1 Å². The summed E-state index contributed by atoms with van der Waals surface area (Å²) < 4.78 is 1.19. The number of hydrogen-bond donors (Lipinski definition) is 3. The van der Waals surface area contributed by atoms with Crippen LogP contribution >= 0.6 is 11.3 Å². The number of hydrogen-bond acceptors (Lipinski definition) is 5. The number of H-pyrrole nitrogens is 1. The van der Waals surface area contributed by atoms with Gasteiger partial charge >= 0.3 is 5.69 Å². The Kier molecular flexibility index (Phi) is 4.68. The molecule has 0 spiro atoms. The van der Waals surface area contributed by atoms with Gasteiger partial charge in [-0.1, -0.05) is 6.07 Å². The number of aromatic nitrogens is 2. The maximum Gasteiger partial charge on any atom is 0.328 e. The molecule has 1 amide bonds. The maximum atomic E-state index is 12.4. The van der Waals surface area contributed by atoms with Crippen LogP contribution in [0.3, 0.4) is 0 Å². The Morgan fingerprint density at radius 2 is 2.25 bits per heavy atom. The highest BCUT2D eigenvalue weighted by Crippen LogP contribution is 2.39. The van der Waals surface area contributed by atoms with Gasteiger partial charge in [-0.25, -0.2) is 4.79 Å². The van der Waals surface area contributed by atoms with Crippen LogP contribution in [-0.4, -0.2) is 26.7 Å². The average molecular weight is 349 g/mol.